The molecule has 1 aromatic rings. The van der Waals surface area contributed by atoms with Crippen molar-refractivity contribution in [2.24, 2.45) is 0 Å². The number of piperidine rings is 1. The molecule has 1 fully saturated rings. The van der Waals surface area contributed by atoms with E-state index in [2.05, 4.69) is 4.90 Å². The molecule has 1 aliphatic rings. The zero-order chi connectivity index (χ0) is 15.2. The maximum atomic E-state index is 11.6. The summed E-state index contributed by atoms with van der Waals surface area (Å²) in [5, 5.41) is 9.56. The van der Waals surface area contributed by atoms with Crippen molar-refractivity contribution in [1.29, 1.82) is 0 Å². The molecule has 0 bridgehead atoms. The van der Waals surface area contributed by atoms with E-state index in [-0.39, 0.29) is 0 Å². The first-order valence-electron chi connectivity index (χ1n) is 7.33. The summed E-state index contributed by atoms with van der Waals surface area (Å²) in [7, 11) is 3.20. The highest BCUT2D eigenvalue weighted by Gasteiger charge is 2.28. The standard InChI is InChI=1S/C16H23NO4/c1-20-13-6-7-15(21-2)12(10-13)11-14(16(18)19)17-8-4-3-5-9-17/h6-7,10,14H,3-5,8-9,11H2,1-2H3,(H,18,19). The third kappa shape index (κ3) is 3.88. The second-order valence-electron chi connectivity index (χ2n) is 5.33. The van der Waals surface area contributed by atoms with Crippen molar-refractivity contribution in [3.05, 3.63) is 23.8 Å². The van der Waals surface area contributed by atoms with Crippen LogP contribution in [0.3, 0.4) is 0 Å². The van der Waals surface area contributed by atoms with Gasteiger partial charge in [0.15, 0.2) is 0 Å². The minimum atomic E-state index is -0.776. The van der Waals surface area contributed by atoms with Gasteiger partial charge in [-0.2, -0.15) is 0 Å². The maximum Gasteiger partial charge on any atom is 0.321 e. The number of rotatable bonds is 6. The molecular formula is C16H23NO4. The fourth-order valence-corrected chi connectivity index (χ4v) is 2.85. The van der Waals surface area contributed by atoms with Crippen LogP contribution in [0.4, 0.5) is 0 Å². The Labute approximate surface area is 125 Å². The Morgan fingerprint density at radius 2 is 1.95 bits per heavy atom. The Morgan fingerprint density at radius 1 is 1.24 bits per heavy atom. The molecule has 5 nitrogen and oxygen atoms in total. The van der Waals surface area contributed by atoms with Crippen LogP contribution in [0.25, 0.3) is 0 Å². The molecule has 5 heteroatoms. The van der Waals surface area contributed by atoms with Crippen LogP contribution in [0, 0.1) is 0 Å². The predicted molar refractivity (Wildman–Crippen MR) is 80.1 cm³/mol. The molecule has 21 heavy (non-hydrogen) atoms. The number of ether oxygens (including phenoxy) is 2. The van der Waals surface area contributed by atoms with E-state index in [0.29, 0.717) is 17.9 Å². The molecule has 1 heterocycles. The monoisotopic (exact) mass is 293 g/mol. The molecule has 1 saturated heterocycles. The minimum Gasteiger partial charge on any atom is -0.497 e. The molecule has 1 aromatic carbocycles. The summed E-state index contributed by atoms with van der Waals surface area (Å²) in [5.41, 5.74) is 0.870. The normalized spacial score (nSPS) is 17.2. The topological polar surface area (TPSA) is 59.0 Å². The number of hydrogen-bond acceptors (Lipinski definition) is 4. The molecule has 2 rings (SSSR count). The Balaban J connectivity index is 2.21. The van der Waals surface area contributed by atoms with Crippen LogP contribution in [0.15, 0.2) is 18.2 Å². The summed E-state index contributed by atoms with van der Waals surface area (Å²) < 4.78 is 10.6. The summed E-state index contributed by atoms with van der Waals surface area (Å²) in [4.78, 5) is 13.7. The van der Waals surface area contributed by atoms with Gasteiger partial charge >= 0.3 is 5.97 Å². The fraction of sp³-hybridized carbons (Fsp3) is 0.562. The van der Waals surface area contributed by atoms with Crippen molar-refractivity contribution in [3.63, 3.8) is 0 Å². The van der Waals surface area contributed by atoms with Gasteiger partial charge in [-0.25, -0.2) is 0 Å². The van der Waals surface area contributed by atoms with Gasteiger partial charge in [0.2, 0.25) is 0 Å². The quantitative estimate of drug-likeness (QED) is 0.871. The average molecular weight is 293 g/mol. The third-order valence-electron chi connectivity index (χ3n) is 4.02. The lowest BCUT2D eigenvalue weighted by Gasteiger charge is -2.32. The molecule has 116 valence electrons. The van der Waals surface area contributed by atoms with Crippen LogP contribution >= 0.6 is 0 Å². The number of nitrogens with zero attached hydrogens (tertiary/aromatic N) is 1. The van der Waals surface area contributed by atoms with E-state index in [1.165, 1.54) is 6.42 Å². The van der Waals surface area contributed by atoms with E-state index in [4.69, 9.17) is 9.47 Å². The number of benzene rings is 1. The molecule has 0 saturated carbocycles. The van der Waals surface area contributed by atoms with E-state index in [9.17, 15) is 9.90 Å². The first kappa shape index (κ1) is 15.6. The Morgan fingerprint density at radius 3 is 2.52 bits per heavy atom. The van der Waals surface area contributed by atoms with E-state index in [0.717, 1.165) is 31.5 Å². The SMILES string of the molecule is COc1ccc(OC)c(CC(C(=O)O)N2CCCCC2)c1. The summed E-state index contributed by atoms with van der Waals surface area (Å²) in [6.45, 7) is 1.70. The summed E-state index contributed by atoms with van der Waals surface area (Å²) in [5.74, 6) is 0.648. The van der Waals surface area contributed by atoms with Crippen molar-refractivity contribution < 1.29 is 19.4 Å². The number of carboxylic acids is 1. The zero-order valence-electron chi connectivity index (χ0n) is 12.7. The molecule has 1 aliphatic heterocycles. The second-order valence-corrected chi connectivity index (χ2v) is 5.33. The third-order valence-corrected chi connectivity index (χ3v) is 4.02. The van der Waals surface area contributed by atoms with Gasteiger partial charge < -0.3 is 14.6 Å². The van der Waals surface area contributed by atoms with E-state index in [1.807, 2.05) is 18.2 Å². The Kier molecular flexibility index (Phi) is 5.44. The zero-order valence-corrected chi connectivity index (χ0v) is 12.7. The molecule has 0 radical (unpaired) electrons. The van der Waals surface area contributed by atoms with Crippen LogP contribution in [-0.2, 0) is 11.2 Å². The van der Waals surface area contributed by atoms with E-state index < -0.39 is 12.0 Å². The van der Waals surface area contributed by atoms with Crippen LogP contribution < -0.4 is 9.47 Å². The number of carbonyl (C=O) groups is 1. The van der Waals surface area contributed by atoms with Crippen molar-refractivity contribution >= 4 is 5.97 Å². The molecule has 1 atom stereocenters. The van der Waals surface area contributed by atoms with Gasteiger partial charge in [0.1, 0.15) is 17.5 Å². The van der Waals surface area contributed by atoms with Crippen LogP contribution in [0.1, 0.15) is 24.8 Å². The second kappa shape index (κ2) is 7.31. The largest absolute Gasteiger partial charge is 0.497 e. The lowest BCUT2D eigenvalue weighted by Crippen LogP contribution is -2.45. The summed E-state index contributed by atoms with van der Waals surface area (Å²) >= 11 is 0. The number of hydrogen-bond donors (Lipinski definition) is 1. The molecular weight excluding hydrogens is 270 g/mol. The van der Waals surface area contributed by atoms with Crippen molar-refractivity contribution in [1.82, 2.24) is 4.90 Å². The van der Waals surface area contributed by atoms with Gasteiger partial charge in [-0.1, -0.05) is 6.42 Å². The molecule has 1 N–H and O–H groups in total. The first-order valence-corrected chi connectivity index (χ1v) is 7.33. The highest BCUT2D eigenvalue weighted by Crippen LogP contribution is 2.27. The lowest BCUT2D eigenvalue weighted by atomic mass is 10.0. The predicted octanol–water partition coefficient (Wildman–Crippen LogP) is 2.19. The van der Waals surface area contributed by atoms with Gasteiger partial charge in [0.25, 0.3) is 0 Å². The minimum absolute atomic E-state index is 0.426. The van der Waals surface area contributed by atoms with E-state index >= 15 is 0 Å². The van der Waals surface area contributed by atoms with Gasteiger partial charge in [-0.15, -0.1) is 0 Å². The Bertz CT molecular complexity index is 483. The molecule has 0 aliphatic carbocycles. The van der Waals surface area contributed by atoms with Gasteiger partial charge in [0, 0.05) is 6.42 Å². The number of carboxylic acid groups (broad SMARTS) is 1. The smallest absolute Gasteiger partial charge is 0.321 e. The lowest BCUT2D eigenvalue weighted by molar-refractivity contribution is -0.143. The number of aliphatic carboxylic acids is 1. The number of methoxy groups -OCH3 is 2. The first-order chi connectivity index (χ1) is 10.2. The van der Waals surface area contributed by atoms with Crippen molar-refractivity contribution in [2.75, 3.05) is 27.3 Å². The molecule has 0 aromatic heterocycles. The van der Waals surface area contributed by atoms with Crippen LogP contribution in [0.2, 0.25) is 0 Å². The summed E-state index contributed by atoms with van der Waals surface area (Å²) in [6, 6.07) is 4.99. The van der Waals surface area contributed by atoms with E-state index in [1.54, 1.807) is 14.2 Å². The molecule has 0 amide bonds. The average Bonchev–Trinajstić information content (AvgIpc) is 2.52. The molecule has 0 spiro atoms. The highest BCUT2D eigenvalue weighted by atomic mass is 16.5. The van der Waals surface area contributed by atoms with Crippen molar-refractivity contribution in [2.45, 2.75) is 31.7 Å². The van der Waals surface area contributed by atoms with Gasteiger partial charge in [-0.05, 0) is 49.7 Å². The van der Waals surface area contributed by atoms with Crippen molar-refractivity contribution in [3.8, 4) is 11.5 Å². The fourth-order valence-electron chi connectivity index (χ4n) is 2.85. The maximum absolute atomic E-state index is 11.6. The Hall–Kier alpha value is -1.75. The van der Waals surface area contributed by atoms with Crippen LogP contribution in [-0.4, -0.2) is 49.3 Å². The number of likely N-dealkylation sites (tertiary alicyclic amines) is 1. The van der Waals surface area contributed by atoms with Gasteiger partial charge in [-0.3, -0.25) is 9.69 Å². The highest BCUT2D eigenvalue weighted by molar-refractivity contribution is 5.74. The summed E-state index contributed by atoms with van der Waals surface area (Å²) in [6.07, 6.45) is 3.75. The molecule has 1 unspecified atom stereocenters. The van der Waals surface area contributed by atoms with Gasteiger partial charge in [0.05, 0.1) is 14.2 Å². The van der Waals surface area contributed by atoms with Crippen LogP contribution in [0.5, 0.6) is 11.5 Å².